The number of benzene rings is 1. The molecule has 2 aliphatic heterocycles. The Balaban J connectivity index is 1.73. The third kappa shape index (κ3) is 2.41. The third-order valence-corrected chi connectivity index (χ3v) is 4.00. The number of hydrogen-bond acceptors (Lipinski definition) is 3. The largest absolute Gasteiger partial charge is 0.325 e. The lowest BCUT2D eigenvalue weighted by molar-refractivity contribution is -0.118. The number of hydrogen-bond donors (Lipinski definition) is 2. The molecule has 20 heavy (non-hydrogen) atoms. The molecule has 1 aromatic rings. The summed E-state index contributed by atoms with van der Waals surface area (Å²) < 4.78 is 0. The second-order valence-corrected chi connectivity index (χ2v) is 5.40. The van der Waals surface area contributed by atoms with Crippen LogP contribution in [0.3, 0.4) is 0 Å². The number of carbonyl (C=O) groups excluding carboxylic acids is 2. The number of nitrogens with zero attached hydrogens (tertiary/aromatic N) is 1. The van der Waals surface area contributed by atoms with Crippen LogP contribution in [-0.4, -0.2) is 30.9 Å². The number of anilines is 2. The van der Waals surface area contributed by atoms with Crippen molar-refractivity contribution in [3.05, 3.63) is 23.8 Å². The molecule has 5 nitrogen and oxygen atoms in total. The fraction of sp³-hybridized carbons (Fsp3) is 0.467. The van der Waals surface area contributed by atoms with E-state index in [4.69, 9.17) is 0 Å². The topological polar surface area (TPSA) is 61.4 Å². The summed E-state index contributed by atoms with van der Waals surface area (Å²) in [6.07, 6.45) is 2.80. The summed E-state index contributed by atoms with van der Waals surface area (Å²) in [6, 6.07) is 5.69. The number of amides is 2. The van der Waals surface area contributed by atoms with Gasteiger partial charge in [0.15, 0.2) is 0 Å². The van der Waals surface area contributed by atoms with Crippen molar-refractivity contribution in [2.45, 2.75) is 32.2 Å². The van der Waals surface area contributed by atoms with Crippen molar-refractivity contribution < 1.29 is 9.59 Å². The molecule has 5 heteroatoms. The van der Waals surface area contributed by atoms with Crippen molar-refractivity contribution >= 4 is 23.2 Å². The molecule has 2 heterocycles. The van der Waals surface area contributed by atoms with Crippen LogP contribution in [-0.2, 0) is 16.0 Å². The summed E-state index contributed by atoms with van der Waals surface area (Å²) in [5, 5.41) is 6.14. The zero-order chi connectivity index (χ0) is 14.1. The molecule has 1 atom stereocenters. The molecular formula is C15H19N3O2. The number of fused-ring (bicyclic) bond motifs is 1. The number of rotatable bonds is 2. The van der Waals surface area contributed by atoms with Gasteiger partial charge in [-0.25, -0.2) is 0 Å². The van der Waals surface area contributed by atoms with Crippen LogP contribution in [0.1, 0.15) is 25.3 Å². The van der Waals surface area contributed by atoms with Crippen molar-refractivity contribution in [1.29, 1.82) is 0 Å². The van der Waals surface area contributed by atoms with Gasteiger partial charge in [-0.15, -0.1) is 0 Å². The highest BCUT2D eigenvalue weighted by molar-refractivity contribution is 5.97. The van der Waals surface area contributed by atoms with Gasteiger partial charge in [0.1, 0.15) is 0 Å². The van der Waals surface area contributed by atoms with Gasteiger partial charge in [0, 0.05) is 24.8 Å². The fourth-order valence-corrected chi connectivity index (χ4v) is 2.94. The van der Waals surface area contributed by atoms with Crippen LogP contribution >= 0.6 is 0 Å². The van der Waals surface area contributed by atoms with E-state index in [1.54, 1.807) is 11.8 Å². The van der Waals surface area contributed by atoms with Gasteiger partial charge in [-0.1, -0.05) is 0 Å². The van der Waals surface area contributed by atoms with Gasteiger partial charge >= 0.3 is 0 Å². The second-order valence-electron chi connectivity index (χ2n) is 5.40. The zero-order valence-electron chi connectivity index (χ0n) is 11.6. The molecule has 1 saturated heterocycles. The molecule has 0 unspecified atom stereocenters. The summed E-state index contributed by atoms with van der Waals surface area (Å²) in [4.78, 5) is 25.3. The quantitative estimate of drug-likeness (QED) is 0.853. The SMILES string of the molecule is CC(=O)N1CCc2cc(NC(=O)[C@H]3CCCN3)ccc21. The van der Waals surface area contributed by atoms with E-state index >= 15 is 0 Å². The lowest BCUT2D eigenvalue weighted by atomic mass is 10.1. The first kappa shape index (κ1) is 13.1. The van der Waals surface area contributed by atoms with Crippen LogP contribution in [0.2, 0.25) is 0 Å². The Morgan fingerprint density at radius 1 is 1.40 bits per heavy atom. The maximum absolute atomic E-state index is 12.0. The number of carbonyl (C=O) groups is 2. The van der Waals surface area contributed by atoms with Crippen LogP contribution in [0.15, 0.2) is 18.2 Å². The maximum Gasteiger partial charge on any atom is 0.241 e. The summed E-state index contributed by atoms with van der Waals surface area (Å²) in [5.74, 6) is 0.0968. The first-order valence-electron chi connectivity index (χ1n) is 7.10. The molecule has 2 amide bonds. The molecular weight excluding hydrogens is 254 g/mol. The van der Waals surface area contributed by atoms with Crippen molar-refractivity contribution in [2.75, 3.05) is 23.3 Å². The Labute approximate surface area is 118 Å². The Morgan fingerprint density at radius 3 is 2.95 bits per heavy atom. The van der Waals surface area contributed by atoms with Crippen LogP contribution in [0.25, 0.3) is 0 Å². The lowest BCUT2D eigenvalue weighted by Gasteiger charge is -2.15. The summed E-state index contributed by atoms with van der Waals surface area (Å²) in [7, 11) is 0. The van der Waals surface area contributed by atoms with Gasteiger partial charge in [0.25, 0.3) is 0 Å². The van der Waals surface area contributed by atoms with Gasteiger partial charge in [0.05, 0.1) is 6.04 Å². The molecule has 1 fully saturated rings. The second kappa shape index (κ2) is 5.25. The van der Waals surface area contributed by atoms with E-state index in [9.17, 15) is 9.59 Å². The van der Waals surface area contributed by atoms with E-state index in [0.717, 1.165) is 49.3 Å². The van der Waals surface area contributed by atoms with E-state index in [-0.39, 0.29) is 17.9 Å². The monoisotopic (exact) mass is 273 g/mol. The smallest absolute Gasteiger partial charge is 0.241 e. The van der Waals surface area contributed by atoms with Gasteiger partial charge in [-0.2, -0.15) is 0 Å². The Kier molecular flexibility index (Phi) is 3.44. The van der Waals surface area contributed by atoms with E-state index < -0.39 is 0 Å². The minimum absolute atomic E-state index is 0.0314. The van der Waals surface area contributed by atoms with E-state index in [0.29, 0.717) is 0 Å². The van der Waals surface area contributed by atoms with Crippen LogP contribution in [0, 0.1) is 0 Å². The average molecular weight is 273 g/mol. The minimum Gasteiger partial charge on any atom is -0.325 e. The van der Waals surface area contributed by atoms with E-state index in [1.807, 2.05) is 18.2 Å². The molecule has 0 radical (unpaired) electrons. The van der Waals surface area contributed by atoms with Gasteiger partial charge in [0.2, 0.25) is 11.8 Å². The van der Waals surface area contributed by atoms with Crippen LogP contribution in [0.4, 0.5) is 11.4 Å². The zero-order valence-corrected chi connectivity index (χ0v) is 11.6. The Hall–Kier alpha value is -1.88. The molecule has 2 N–H and O–H groups in total. The summed E-state index contributed by atoms with van der Waals surface area (Å²) in [5.41, 5.74) is 2.90. The normalized spacial score (nSPS) is 20.9. The van der Waals surface area contributed by atoms with Crippen molar-refractivity contribution in [3.63, 3.8) is 0 Å². The highest BCUT2D eigenvalue weighted by Crippen LogP contribution is 2.30. The first-order chi connectivity index (χ1) is 9.65. The Bertz CT molecular complexity index is 550. The average Bonchev–Trinajstić information content (AvgIpc) is 3.07. The lowest BCUT2D eigenvalue weighted by Crippen LogP contribution is -2.35. The van der Waals surface area contributed by atoms with Crippen LogP contribution < -0.4 is 15.5 Å². The van der Waals surface area contributed by atoms with Gasteiger partial charge in [-0.05, 0) is 49.6 Å². The highest BCUT2D eigenvalue weighted by Gasteiger charge is 2.24. The molecule has 0 aromatic heterocycles. The predicted octanol–water partition coefficient (Wildman–Crippen LogP) is 1.29. The molecule has 0 saturated carbocycles. The summed E-state index contributed by atoms with van der Waals surface area (Å²) in [6.45, 7) is 3.22. The third-order valence-electron chi connectivity index (χ3n) is 4.00. The van der Waals surface area contributed by atoms with Crippen molar-refractivity contribution in [2.24, 2.45) is 0 Å². The molecule has 106 valence electrons. The molecule has 3 rings (SSSR count). The Morgan fingerprint density at radius 2 is 2.25 bits per heavy atom. The molecule has 0 bridgehead atoms. The maximum atomic E-state index is 12.0. The highest BCUT2D eigenvalue weighted by atomic mass is 16.2. The standard InChI is InChI=1S/C15H19N3O2/c1-10(19)18-8-6-11-9-12(4-5-14(11)18)17-15(20)13-3-2-7-16-13/h4-5,9,13,16H,2-3,6-8H2,1H3,(H,17,20)/t13-/m1/s1. The molecule has 0 aliphatic carbocycles. The predicted molar refractivity (Wildman–Crippen MR) is 77.8 cm³/mol. The fourth-order valence-electron chi connectivity index (χ4n) is 2.94. The number of nitrogens with one attached hydrogen (secondary N) is 2. The van der Waals surface area contributed by atoms with E-state index in [2.05, 4.69) is 10.6 Å². The molecule has 0 spiro atoms. The first-order valence-corrected chi connectivity index (χ1v) is 7.10. The van der Waals surface area contributed by atoms with E-state index in [1.165, 1.54) is 0 Å². The van der Waals surface area contributed by atoms with Gasteiger partial charge < -0.3 is 15.5 Å². The molecule has 2 aliphatic rings. The molecule has 1 aromatic carbocycles. The van der Waals surface area contributed by atoms with Crippen molar-refractivity contribution in [1.82, 2.24) is 5.32 Å². The van der Waals surface area contributed by atoms with Crippen molar-refractivity contribution in [3.8, 4) is 0 Å². The minimum atomic E-state index is -0.0722. The van der Waals surface area contributed by atoms with Gasteiger partial charge in [-0.3, -0.25) is 9.59 Å². The summed E-state index contributed by atoms with van der Waals surface area (Å²) >= 11 is 0. The van der Waals surface area contributed by atoms with Crippen LogP contribution in [0.5, 0.6) is 0 Å².